The zero-order valence-corrected chi connectivity index (χ0v) is 16.2. The molecule has 1 heterocycles. The lowest BCUT2D eigenvalue weighted by Gasteiger charge is -2.28. The maximum absolute atomic E-state index is 12.9. The SMILES string of the molecule is CC(=O)c1cccc2c1OB(O)[C@@H](CC(=O)c1ccccc1C(=O)NCCN)C2. The average Bonchev–Trinajstić information content (AvgIpc) is 2.71. The van der Waals surface area contributed by atoms with E-state index in [1.54, 1.807) is 36.4 Å². The lowest BCUT2D eigenvalue weighted by Crippen LogP contribution is -2.36. The predicted octanol–water partition coefficient (Wildman–Crippen LogP) is 1.64. The number of nitrogens with one attached hydrogen (secondary N) is 1. The minimum absolute atomic E-state index is 0.00604. The molecule has 0 spiro atoms. The van der Waals surface area contributed by atoms with Crippen LogP contribution in [0.4, 0.5) is 0 Å². The Labute approximate surface area is 169 Å². The number of rotatable bonds is 7. The fourth-order valence-corrected chi connectivity index (χ4v) is 3.49. The van der Waals surface area contributed by atoms with Crippen LogP contribution >= 0.6 is 0 Å². The van der Waals surface area contributed by atoms with Crippen LogP contribution in [-0.2, 0) is 6.42 Å². The molecule has 0 unspecified atom stereocenters. The maximum Gasteiger partial charge on any atom is 0.526 e. The van der Waals surface area contributed by atoms with Crippen LogP contribution in [0.2, 0.25) is 5.82 Å². The van der Waals surface area contributed by atoms with Gasteiger partial charge in [-0.3, -0.25) is 14.4 Å². The molecule has 3 rings (SSSR count). The number of carbonyl (C=O) groups excluding carboxylic acids is 3. The van der Waals surface area contributed by atoms with Gasteiger partial charge in [-0.2, -0.15) is 0 Å². The molecular weight excluding hydrogens is 371 g/mol. The average molecular weight is 394 g/mol. The van der Waals surface area contributed by atoms with Crippen LogP contribution in [0, 0.1) is 0 Å². The molecule has 1 atom stereocenters. The van der Waals surface area contributed by atoms with Crippen molar-refractivity contribution in [2.45, 2.75) is 25.6 Å². The predicted molar refractivity (Wildman–Crippen MR) is 109 cm³/mol. The Morgan fingerprint density at radius 1 is 1.14 bits per heavy atom. The molecule has 0 radical (unpaired) electrons. The molecule has 0 aliphatic carbocycles. The first kappa shape index (κ1) is 20.8. The molecule has 0 bridgehead atoms. The monoisotopic (exact) mass is 394 g/mol. The van der Waals surface area contributed by atoms with E-state index in [4.69, 9.17) is 10.4 Å². The van der Waals surface area contributed by atoms with E-state index in [9.17, 15) is 19.4 Å². The van der Waals surface area contributed by atoms with E-state index >= 15 is 0 Å². The highest BCUT2D eigenvalue weighted by molar-refractivity contribution is 6.47. The van der Waals surface area contributed by atoms with Gasteiger partial charge in [0.1, 0.15) is 5.75 Å². The molecule has 2 aromatic rings. The summed E-state index contributed by atoms with van der Waals surface area (Å²) in [6, 6.07) is 11.8. The van der Waals surface area contributed by atoms with Gasteiger partial charge in [-0.25, -0.2) is 0 Å². The third-order valence-electron chi connectivity index (χ3n) is 4.95. The number of ketones is 2. The molecule has 1 aliphatic heterocycles. The number of benzene rings is 2. The minimum atomic E-state index is -1.22. The summed E-state index contributed by atoms with van der Waals surface area (Å²) in [6.07, 6.45) is 0.400. The van der Waals surface area contributed by atoms with Crippen LogP contribution in [0.1, 0.15) is 50.0 Å². The summed E-state index contributed by atoms with van der Waals surface area (Å²) in [6.45, 7) is 2.05. The van der Waals surface area contributed by atoms with Gasteiger partial charge >= 0.3 is 7.12 Å². The first-order valence-corrected chi connectivity index (χ1v) is 9.50. The van der Waals surface area contributed by atoms with Crippen molar-refractivity contribution >= 4 is 24.6 Å². The minimum Gasteiger partial charge on any atom is -0.535 e. The number of hydrogen-bond acceptors (Lipinski definition) is 6. The largest absolute Gasteiger partial charge is 0.535 e. The molecule has 8 heteroatoms. The van der Waals surface area contributed by atoms with Crippen molar-refractivity contribution in [1.82, 2.24) is 5.32 Å². The molecule has 4 N–H and O–H groups in total. The highest BCUT2D eigenvalue weighted by atomic mass is 16.5. The van der Waals surface area contributed by atoms with Crippen LogP contribution < -0.4 is 15.7 Å². The normalized spacial score (nSPS) is 15.3. The van der Waals surface area contributed by atoms with Gasteiger partial charge in [0.25, 0.3) is 5.91 Å². The van der Waals surface area contributed by atoms with E-state index in [1.165, 1.54) is 6.92 Å². The summed E-state index contributed by atoms with van der Waals surface area (Å²) in [7, 11) is -1.22. The highest BCUT2D eigenvalue weighted by Gasteiger charge is 2.38. The van der Waals surface area contributed by atoms with Gasteiger partial charge in [-0.1, -0.05) is 30.3 Å². The van der Waals surface area contributed by atoms with Gasteiger partial charge in [-0.15, -0.1) is 0 Å². The Morgan fingerprint density at radius 2 is 1.83 bits per heavy atom. The van der Waals surface area contributed by atoms with E-state index < -0.39 is 12.9 Å². The number of carbonyl (C=O) groups is 3. The Balaban J connectivity index is 1.79. The molecule has 0 fully saturated rings. The van der Waals surface area contributed by atoms with E-state index in [1.807, 2.05) is 6.07 Å². The second-order valence-corrected chi connectivity index (χ2v) is 7.04. The lowest BCUT2D eigenvalue weighted by atomic mass is 9.64. The molecule has 0 saturated heterocycles. The van der Waals surface area contributed by atoms with Crippen molar-refractivity contribution in [3.63, 3.8) is 0 Å². The van der Waals surface area contributed by atoms with Gasteiger partial charge in [0.05, 0.1) is 11.1 Å². The summed E-state index contributed by atoms with van der Waals surface area (Å²) in [4.78, 5) is 37.0. The van der Waals surface area contributed by atoms with Gasteiger partial charge in [-0.05, 0) is 31.0 Å². The maximum atomic E-state index is 12.9. The first-order valence-electron chi connectivity index (χ1n) is 9.50. The van der Waals surface area contributed by atoms with Crippen molar-refractivity contribution in [3.8, 4) is 5.75 Å². The number of amides is 1. The van der Waals surface area contributed by atoms with E-state index in [-0.39, 0.29) is 35.0 Å². The quantitative estimate of drug-likeness (QED) is 0.485. The van der Waals surface area contributed by atoms with Gasteiger partial charge < -0.3 is 20.7 Å². The number of Topliss-reactive ketones (excluding diaryl/α,β-unsaturated/α-hetero) is 2. The molecule has 0 aromatic heterocycles. The van der Waals surface area contributed by atoms with Gasteiger partial charge in [0.15, 0.2) is 11.6 Å². The summed E-state index contributed by atoms with van der Waals surface area (Å²) in [5, 5.41) is 13.1. The van der Waals surface area contributed by atoms with E-state index in [0.717, 1.165) is 5.56 Å². The van der Waals surface area contributed by atoms with Crippen LogP contribution in [-0.4, -0.2) is 42.7 Å². The molecule has 7 nitrogen and oxygen atoms in total. The first-order chi connectivity index (χ1) is 13.9. The van der Waals surface area contributed by atoms with Crippen LogP contribution in [0.3, 0.4) is 0 Å². The lowest BCUT2D eigenvalue weighted by molar-refractivity contribution is 0.0930. The molecule has 1 aliphatic rings. The second-order valence-electron chi connectivity index (χ2n) is 7.04. The van der Waals surface area contributed by atoms with E-state index in [2.05, 4.69) is 5.32 Å². The molecule has 0 saturated carbocycles. The Hall–Kier alpha value is -2.97. The fraction of sp³-hybridized carbons (Fsp3) is 0.286. The molecular formula is C21H23BN2O5. The molecule has 2 aromatic carbocycles. The smallest absolute Gasteiger partial charge is 0.526 e. The van der Waals surface area contributed by atoms with Gasteiger partial charge in [0.2, 0.25) is 0 Å². The topological polar surface area (TPSA) is 119 Å². The summed E-state index contributed by atoms with van der Waals surface area (Å²) in [5.74, 6) is -0.894. The van der Waals surface area contributed by atoms with Crippen molar-refractivity contribution < 1.29 is 24.1 Å². The number of para-hydroxylation sites is 1. The van der Waals surface area contributed by atoms with Crippen LogP contribution in [0.15, 0.2) is 42.5 Å². The third kappa shape index (κ3) is 4.55. The molecule has 29 heavy (non-hydrogen) atoms. The zero-order chi connectivity index (χ0) is 21.0. The number of fused-ring (bicyclic) bond motifs is 1. The Kier molecular flexibility index (Phi) is 6.46. The van der Waals surface area contributed by atoms with Crippen molar-refractivity contribution in [2.24, 2.45) is 5.73 Å². The summed E-state index contributed by atoms with van der Waals surface area (Å²) >= 11 is 0. The number of hydrogen-bond donors (Lipinski definition) is 3. The Morgan fingerprint density at radius 3 is 2.52 bits per heavy atom. The number of nitrogens with two attached hydrogens (primary N) is 1. The molecule has 1 amide bonds. The zero-order valence-electron chi connectivity index (χ0n) is 16.2. The Bertz CT molecular complexity index is 946. The van der Waals surface area contributed by atoms with Crippen molar-refractivity contribution in [1.29, 1.82) is 0 Å². The summed E-state index contributed by atoms with van der Waals surface area (Å²) < 4.78 is 5.59. The highest BCUT2D eigenvalue weighted by Crippen LogP contribution is 2.37. The van der Waals surface area contributed by atoms with Crippen LogP contribution in [0.25, 0.3) is 0 Å². The van der Waals surface area contributed by atoms with Crippen molar-refractivity contribution in [2.75, 3.05) is 13.1 Å². The third-order valence-corrected chi connectivity index (χ3v) is 4.95. The van der Waals surface area contributed by atoms with Crippen molar-refractivity contribution in [3.05, 3.63) is 64.7 Å². The van der Waals surface area contributed by atoms with E-state index in [0.29, 0.717) is 30.8 Å². The summed E-state index contributed by atoms with van der Waals surface area (Å²) in [5.41, 5.74) is 7.16. The fourth-order valence-electron chi connectivity index (χ4n) is 3.49. The van der Waals surface area contributed by atoms with Gasteiger partial charge in [0, 0.05) is 30.9 Å². The second kappa shape index (κ2) is 9.02. The molecule has 150 valence electrons. The van der Waals surface area contributed by atoms with Crippen LogP contribution in [0.5, 0.6) is 5.75 Å². The standard InChI is InChI=1S/C21H23BN2O5/c1-13(25)16-8-4-5-14-11-15(22(28)29-20(14)16)12-19(26)17-6-2-3-7-18(17)21(27)24-10-9-23/h2-8,15,28H,9-12,23H2,1H3,(H,24,27)/t15-/m1/s1.